The van der Waals surface area contributed by atoms with Crippen molar-refractivity contribution in [1.82, 2.24) is 9.78 Å². The van der Waals surface area contributed by atoms with Crippen molar-refractivity contribution in [2.75, 3.05) is 20.3 Å². The van der Waals surface area contributed by atoms with Crippen molar-refractivity contribution < 1.29 is 9.47 Å². The quantitative estimate of drug-likeness (QED) is 0.857. The van der Waals surface area contributed by atoms with Crippen LogP contribution < -0.4 is 10.3 Å². The summed E-state index contributed by atoms with van der Waals surface area (Å²) in [7, 11) is 1.62. The van der Waals surface area contributed by atoms with E-state index in [1.807, 2.05) is 38.1 Å². The molecule has 24 heavy (non-hydrogen) atoms. The van der Waals surface area contributed by atoms with E-state index in [2.05, 4.69) is 10.1 Å². The second-order valence-electron chi connectivity index (χ2n) is 6.01. The second-order valence-corrected chi connectivity index (χ2v) is 6.01. The van der Waals surface area contributed by atoms with Crippen molar-refractivity contribution in [3.05, 3.63) is 45.9 Å². The molecule has 3 rings (SSSR count). The number of aryl methyl sites for hydroxylation is 1. The number of hydrogen-bond acceptors (Lipinski definition) is 4. The molecule has 6 nitrogen and oxygen atoms in total. The van der Waals surface area contributed by atoms with Crippen LogP contribution in [0.25, 0.3) is 5.69 Å². The van der Waals surface area contributed by atoms with Crippen LogP contribution in [0.2, 0.25) is 0 Å². The van der Waals surface area contributed by atoms with Crippen LogP contribution in [-0.2, 0) is 4.74 Å². The van der Waals surface area contributed by atoms with E-state index in [4.69, 9.17) is 9.47 Å². The zero-order valence-electron chi connectivity index (χ0n) is 14.3. The molecule has 1 aliphatic rings. The third-order valence-corrected chi connectivity index (χ3v) is 4.32. The van der Waals surface area contributed by atoms with E-state index in [1.165, 1.54) is 4.68 Å². The summed E-state index contributed by atoms with van der Waals surface area (Å²) >= 11 is 0. The summed E-state index contributed by atoms with van der Waals surface area (Å²) < 4.78 is 12.3. The van der Waals surface area contributed by atoms with Crippen LogP contribution in [0.4, 0.5) is 0 Å². The number of nitrogens with zero attached hydrogens (tertiary/aromatic N) is 2. The number of nitrogens with one attached hydrogen (secondary N) is 1. The van der Waals surface area contributed by atoms with Gasteiger partial charge in [0.2, 0.25) is 0 Å². The summed E-state index contributed by atoms with van der Waals surface area (Å²) in [5, 5.41) is 3.13. The highest BCUT2D eigenvalue weighted by molar-refractivity contribution is 5.99. The molecule has 1 aromatic carbocycles. The molecular formula is C18H23N3O3. The molecule has 0 amide bonds. The van der Waals surface area contributed by atoms with Crippen LogP contribution in [0.5, 0.6) is 5.75 Å². The number of aliphatic imine (C=N–C) groups is 1. The minimum atomic E-state index is -0.0914. The molecule has 1 N–H and O–H groups in total. The maximum atomic E-state index is 12.8. The zero-order chi connectivity index (χ0) is 17.1. The van der Waals surface area contributed by atoms with E-state index in [-0.39, 0.29) is 11.7 Å². The molecule has 0 bridgehead atoms. The van der Waals surface area contributed by atoms with Gasteiger partial charge in [-0.25, -0.2) is 4.68 Å². The Labute approximate surface area is 141 Å². The highest BCUT2D eigenvalue weighted by Crippen LogP contribution is 2.15. The minimum absolute atomic E-state index is 0.0914. The first kappa shape index (κ1) is 16.5. The molecule has 1 aliphatic heterocycles. The molecule has 1 aromatic heterocycles. The van der Waals surface area contributed by atoms with E-state index in [0.717, 1.165) is 42.3 Å². The number of methoxy groups -OCH3 is 1. The van der Waals surface area contributed by atoms with Gasteiger partial charge in [0.1, 0.15) is 5.75 Å². The van der Waals surface area contributed by atoms with Gasteiger partial charge in [0.05, 0.1) is 31.0 Å². The van der Waals surface area contributed by atoms with E-state index in [9.17, 15) is 4.79 Å². The summed E-state index contributed by atoms with van der Waals surface area (Å²) in [5.41, 5.74) is 2.86. The number of aromatic nitrogens is 2. The van der Waals surface area contributed by atoms with Gasteiger partial charge < -0.3 is 9.47 Å². The highest BCUT2D eigenvalue weighted by Gasteiger charge is 2.17. The molecule has 1 saturated heterocycles. The molecule has 128 valence electrons. The third-order valence-electron chi connectivity index (χ3n) is 4.32. The molecule has 1 atom stereocenters. The van der Waals surface area contributed by atoms with Gasteiger partial charge in [0.25, 0.3) is 5.56 Å². The summed E-state index contributed by atoms with van der Waals surface area (Å²) in [6.07, 6.45) is 2.31. The van der Waals surface area contributed by atoms with Crippen LogP contribution in [0, 0.1) is 6.92 Å². The fourth-order valence-corrected chi connectivity index (χ4v) is 2.99. The molecule has 0 spiro atoms. The fourth-order valence-electron chi connectivity index (χ4n) is 2.99. The molecule has 1 unspecified atom stereocenters. The first-order chi connectivity index (χ1) is 11.6. The van der Waals surface area contributed by atoms with Gasteiger partial charge in [-0.2, -0.15) is 0 Å². The number of H-pyrrole nitrogens is 1. The molecule has 6 heteroatoms. The Hall–Kier alpha value is -2.34. The van der Waals surface area contributed by atoms with Crippen molar-refractivity contribution in [2.24, 2.45) is 4.99 Å². The first-order valence-electron chi connectivity index (χ1n) is 8.19. The topological polar surface area (TPSA) is 68.6 Å². The van der Waals surface area contributed by atoms with Crippen molar-refractivity contribution in [3.8, 4) is 11.4 Å². The van der Waals surface area contributed by atoms with Gasteiger partial charge in [0, 0.05) is 18.0 Å². The Morgan fingerprint density at radius 3 is 2.79 bits per heavy atom. The van der Waals surface area contributed by atoms with E-state index < -0.39 is 0 Å². The number of hydrogen-bond donors (Lipinski definition) is 1. The molecule has 0 radical (unpaired) electrons. The Kier molecular flexibility index (Phi) is 4.85. The molecule has 1 fully saturated rings. The summed E-state index contributed by atoms with van der Waals surface area (Å²) in [6.45, 7) is 5.19. The first-order valence-corrected chi connectivity index (χ1v) is 8.19. The molecule has 2 aromatic rings. The fraction of sp³-hybridized carbons (Fsp3) is 0.444. The third kappa shape index (κ3) is 3.28. The Balaban J connectivity index is 1.87. The predicted molar refractivity (Wildman–Crippen MR) is 93.7 cm³/mol. The summed E-state index contributed by atoms with van der Waals surface area (Å²) in [5.74, 6) is 0.754. The average molecular weight is 329 g/mol. The van der Waals surface area contributed by atoms with Gasteiger partial charge in [-0.15, -0.1) is 0 Å². The van der Waals surface area contributed by atoms with Crippen molar-refractivity contribution in [3.63, 3.8) is 0 Å². The monoisotopic (exact) mass is 329 g/mol. The van der Waals surface area contributed by atoms with Crippen LogP contribution in [-0.4, -0.2) is 41.9 Å². The zero-order valence-corrected chi connectivity index (χ0v) is 14.3. The van der Waals surface area contributed by atoms with Gasteiger partial charge in [-0.1, -0.05) is 0 Å². The smallest absolute Gasteiger partial charge is 0.280 e. The van der Waals surface area contributed by atoms with Crippen LogP contribution in [0.3, 0.4) is 0 Å². The van der Waals surface area contributed by atoms with E-state index >= 15 is 0 Å². The molecule has 0 aliphatic carbocycles. The Bertz CT molecular complexity index is 781. The lowest BCUT2D eigenvalue weighted by Crippen LogP contribution is -2.20. The molecule has 0 saturated carbocycles. The van der Waals surface area contributed by atoms with Crippen LogP contribution >= 0.6 is 0 Å². The van der Waals surface area contributed by atoms with Crippen molar-refractivity contribution >= 4 is 5.71 Å². The maximum Gasteiger partial charge on any atom is 0.280 e. The Morgan fingerprint density at radius 1 is 1.42 bits per heavy atom. The average Bonchev–Trinajstić information content (AvgIpc) is 3.21. The number of rotatable bonds is 5. The predicted octanol–water partition coefficient (Wildman–Crippen LogP) is 2.47. The number of aromatic amines is 1. The minimum Gasteiger partial charge on any atom is -0.497 e. The number of ether oxygens (including phenoxy) is 2. The van der Waals surface area contributed by atoms with Crippen LogP contribution in [0.15, 0.2) is 34.1 Å². The second kappa shape index (κ2) is 7.05. The van der Waals surface area contributed by atoms with Crippen molar-refractivity contribution in [2.45, 2.75) is 32.8 Å². The SMILES string of the molecule is COc1ccc(-n2[nH]c(C)c(C(C)=NCC3CCCO3)c2=O)cc1. The van der Waals surface area contributed by atoms with Crippen molar-refractivity contribution in [1.29, 1.82) is 0 Å². The standard InChI is InChI=1S/C18H23N3O3/c1-12(19-11-16-5-4-10-24-16)17-13(2)20-21(18(17)22)14-6-8-15(23-3)9-7-14/h6-9,16,20H,4-5,10-11H2,1-3H3. The van der Waals surface area contributed by atoms with E-state index in [0.29, 0.717) is 12.1 Å². The summed E-state index contributed by atoms with van der Waals surface area (Å²) in [6, 6.07) is 7.35. The van der Waals surface area contributed by atoms with Gasteiger partial charge in [-0.05, 0) is 51.0 Å². The van der Waals surface area contributed by atoms with Gasteiger partial charge >= 0.3 is 0 Å². The summed E-state index contributed by atoms with van der Waals surface area (Å²) in [4.78, 5) is 17.3. The lowest BCUT2D eigenvalue weighted by Gasteiger charge is -2.06. The largest absolute Gasteiger partial charge is 0.497 e. The highest BCUT2D eigenvalue weighted by atomic mass is 16.5. The maximum absolute atomic E-state index is 12.8. The lowest BCUT2D eigenvalue weighted by atomic mass is 10.1. The Morgan fingerprint density at radius 2 is 2.17 bits per heavy atom. The van der Waals surface area contributed by atoms with E-state index in [1.54, 1.807) is 7.11 Å². The van der Waals surface area contributed by atoms with Gasteiger partial charge in [-0.3, -0.25) is 14.9 Å². The molecular weight excluding hydrogens is 306 g/mol. The van der Waals surface area contributed by atoms with Gasteiger partial charge in [0.15, 0.2) is 0 Å². The van der Waals surface area contributed by atoms with Crippen LogP contribution in [0.1, 0.15) is 31.0 Å². The molecule has 2 heterocycles. The number of benzene rings is 1. The normalized spacial score (nSPS) is 18.1. The lowest BCUT2D eigenvalue weighted by molar-refractivity contribution is 0.118.